The number of aliphatic carboxylic acids is 1. The summed E-state index contributed by atoms with van der Waals surface area (Å²) < 4.78 is 0. The van der Waals surface area contributed by atoms with Crippen LogP contribution < -0.4 is 5.73 Å². The molecule has 1 saturated heterocycles. The average Bonchev–Trinajstić information content (AvgIpc) is 2.35. The lowest BCUT2D eigenvalue weighted by Gasteiger charge is -2.17. The summed E-state index contributed by atoms with van der Waals surface area (Å²) in [6.07, 6.45) is -0.0683. The Kier molecular flexibility index (Phi) is 2.53. The molecule has 1 aliphatic rings. The molecule has 74 valence electrons. The molecule has 13 heavy (non-hydrogen) atoms. The highest BCUT2D eigenvalue weighted by Crippen LogP contribution is 2.22. The van der Waals surface area contributed by atoms with Crippen molar-refractivity contribution in [2.45, 2.75) is 12.0 Å². The van der Waals surface area contributed by atoms with E-state index in [9.17, 15) is 14.7 Å². The normalized spacial score (nSPS) is 28.2. The number of aliphatic hydroxyl groups is 1. The fraction of sp³-hybridized carbons (Fsp3) is 0.714. The molecule has 6 heteroatoms. The zero-order valence-corrected chi connectivity index (χ0v) is 7.06. The maximum atomic E-state index is 11.3. The first-order chi connectivity index (χ1) is 6.02. The van der Waals surface area contributed by atoms with Crippen molar-refractivity contribution in [2.75, 3.05) is 19.6 Å². The molecule has 0 spiro atoms. The molecule has 0 aromatic carbocycles. The summed E-state index contributed by atoms with van der Waals surface area (Å²) in [6, 6.07) is 0. The third-order valence-corrected chi connectivity index (χ3v) is 2.14. The summed E-state index contributed by atoms with van der Waals surface area (Å²) in [4.78, 5) is 23.1. The highest BCUT2D eigenvalue weighted by molar-refractivity contribution is 6.06. The average molecular weight is 188 g/mol. The van der Waals surface area contributed by atoms with E-state index in [-0.39, 0.29) is 26.1 Å². The van der Waals surface area contributed by atoms with Gasteiger partial charge in [-0.1, -0.05) is 0 Å². The fourth-order valence-corrected chi connectivity index (χ4v) is 1.33. The van der Waals surface area contributed by atoms with E-state index in [4.69, 9.17) is 10.8 Å². The molecular weight excluding hydrogens is 176 g/mol. The minimum atomic E-state index is -2.23. The number of nitrogens with two attached hydrogens (primary N) is 1. The molecule has 6 nitrogen and oxygen atoms in total. The van der Waals surface area contributed by atoms with E-state index in [1.807, 2.05) is 0 Å². The van der Waals surface area contributed by atoms with Crippen LogP contribution in [0.1, 0.15) is 6.42 Å². The summed E-state index contributed by atoms with van der Waals surface area (Å²) in [5.74, 6) is -2.25. The Bertz CT molecular complexity index is 243. The SMILES string of the molecule is NCCN1CC[C@@](O)(C(=O)O)C1=O. The van der Waals surface area contributed by atoms with Crippen LogP contribution >= 0.6 is 0 Å². The maximum Gasteiger partial charge on any atom is 0.345 e. The summed E-state index contributed by atoms with van der Waals surface area (Å²) in [7, 11) is 0. The summed E-state index contributed by atoms with van der Waals surface area (Å²) in [5, 5.41) is 18.0. The van der Waals surface area contributed by atoms with Crippen molar-refractivity contribution in [1.82, 2.24) is 4.90 Å². The van der Waals surface area contributed by atoms with Crippen molar-refractivity contribution in [3.63, 3.8) is 0 Å². The van der Waals surface area contributed by atoms with Gasteiger partial charge in [-0.15, -0.1) is 0 Å². The number of carboxylic acids is 1. The Morgan fingerprint density at radius 3 is 2.69 bits per heavy atom. The van der Waals surface area contributed by atoms with Crippen molar-refractivity contribution in [1.29, 1.82) is 0 Å². The molecule has 0 bridgehead atoms. The summed E-state index contributed by atoms with van der Waals surface area (Å²) in [5.41, 5.74) is 2.99. The molecule has 0 aliphatic carbocycles. The number of likely N-dealkylation sites (tertiary alicyclic amines) is 1. The van der Waals surface area contributed by atoms with E-state index in [0.717, 1.165) is 0 Å². The molecule has 1 rings (SSSR count). The van der Waals surface area contributed by atoms with Crippen LogP contribution in [0, 0.1) is 0 Å². The standard InChI is InChI=1S/C7H12N2O4/c8-2-4-9-3-1-7(13,5(9)10)6(11)12/h13H,1-4,8H2,(H,11,12)/t7-/m0/s1. The molecule has 0 radical (unpaired) electrons. The van der Waals surface area contributed by atoms with Gasteiger partial charge in [0.2, 0.25) is 5.60 Å². The van der Waals surface area contributed by atoms with E-state index >= 15 is 0 Å². The number of carbonyl (C=O) groups excluding carboxylic acids is 1. The molecule has 1 heterocycles. The quantitative estimate of drug-likeness (QED) is 0.444. The third kappa shape index (κ3) is 1.50. The smallest absolute Gasteiger partial charge is 0.345 e. The summed E-state index contributed by atoms with van der Waals surface area (Å²) >= 11 is 0. The van der Waals surface area contributed by atoms with Gasteiger partial charge in [0.05, 0.1) is 0 Å². The van der Waals surface area contributed by atoms with Crippen LogP contribution in [0.2, 0.25) is 0 Å². The molecule has 0 aromatic rings. The second kappa shape index (κ2) is 3.31. The Hall–Kier alpha value is -1.14. The first kappa shape index (κ1) is 9.94. The van der Waals surface area contributed by atoms with Gasteiger partial charge < -0.3 is 20.8 Å². The van der Waals surface area contributed by atoms with Gasteiger partial charge in [-0.2, -0.15) is 0 Å². The van der Waals surface area contributed by atoms with Crippen LogP contribution in [-0.2, 0) is 9.59 Å². The van der Waals surface area contributed by atoms with Crippen molar-refractivity contribution < 1.29 is 19.8 Å². The van der Waals surface area contributed by atoms with E-state index in [0.29, 0.717) is 0 Å². The lowest BCUT2D eigenvalue weighted by Crippen LogP contribution is -2.47. The largest absolute Gasteiger partial charge is 0.479 e. The summed E-state index contributed by atoms with van der Waals surface area (Å²) in [6.45, 7) is 0.800. The van der Waals surface area contributed by atoms with Gasteiger partial charge in [0.1, 0.15) is 0 Å². The van der Waals surface area contributed by atoms with E-state index in [2.05, 4.69) is 0 Å². The predicted octanol–water partition coefficient (Wildman–Crippen LogP) is -2.01. The Morgan fingerprint density at radius 1 is 1.69 bits per heavy atom. The van der Waals surface area contributed by atoms with Gasteiger partial charge in [0.25, 0.3) is 5.91 Å². The second-order valence-electron chi connectivity index (χ2n) is 3.00. The monoisotopic (exact) mass is 188 g/mol. The van der Waals surface area contributed by atoms with Crippen molar-refractivity contribution in [3.05, 3.63) is 0 Å². The molecule has 0 saturated carbocycles. The molecule has 1 amide bonds. The van der Waals surface area contributed by atoms with Gasteiger partial charge in [-0.3, -0.25) is 4.79 Å². The van der Waals surface area contributed by atoms with Crippen LogP contribution in [-0.4, -0.2) is 52.2 Å². The number of amides is 1. The predicted molar refractivity (Wildman–Crippen MR) is 42.8 cm³/mol. The first-order valence-corrected chi connectivity index (χ1v) is 3.97. The zero-order chi connectivity index (χ0) is 10.1. The van der Waals surface area contributed by atoms with Gasteiger partial charge in [-0.25, -0.2) is 4.79 Å². The molecule has 1 atom stereocenters. The van der Waals surface area contributed by atoms with Crippen LogP contribution in [0.4, 0.5) is 0 Å². The number of nitrogens with zero attached hydrogens (tertiary/aromatic N) is 1. The number of carbonyl (C=O) groups is 2. The highest BCUT2D eigenvalue weighted by Gasteiger charge is 2.51. The lowest BCUT2D eigenvalue weighted by molar-refractivity contribution is -0.165. The van der Waals surface area contributed by atoms with Crippen LogP contribution in [0.3, 0.4) is 0 Å². The maximum absolute atomic E-state index is 11.3. The fourth-order valence-electron chi connectivity index (χ4n) is 1.33. The van der Waals surface area contributed by atoms with Gasteiger partial charge in [-0.05, 0) is 0 Å². The van der Waals surface area contributed by atoms with Crippen molar-refractivity contribution in [2.24, 2.45) is 5.73 Å². The van der Waals surface area contributed by atoms with Crippen molar-refractivity contribution in [3.8, 4) is 0 Å². The highest BCUT2D eigenvalue weighted by atomic mass is 16.4. The number of hydrogen-bond acceptors (Lipinski definition) is 4. The second-order valence-corrected chi connectivity index (χ2v) is 3.00. The van der Waals surface area contributed by atoms with Crippen LogP contribution in [0.5, 0.6) is 0 Å². The molecule has 4 N–H and O–H groups in total. The number of carboxylic acid groups (broad SMARTS) is 1. The van der Waals surface area contributed by atoms with E-state index in [1.165, 1.54) is 4.90 Å². The van der Waals surface area contributed by atoms with Crippen molar-refractivity contribution >= 4 is 11.9 Å². The molecule has 1 aliphatic heterocycles. The van der Waals surface area contributed by atoms with Crippen LogP contribution in [0.15, 0.2) is 0 Å². The van der Waals surface area contributed by atoms with Gasteiger partial charge >= 0.3 is 5.97 Å². The first-order valence-electron chi connectivity index (χ1n) is 3.97. The Labute approximate surface area is 74.9 Å². The molecule has 1 fully saturated rings. The van der Waals surface area contributed by atoms with E-state index in [1.54, 1.807) is 0 Å². The number of rotatable bonds is 3. The minimum Gasteiger partial charge on any atom is -0.479 e. The van der Waals surface area contributed by atoms with Gasteiger partial charge in [0, 0.05) is 26.1 Å². The zero-order valence-electron chi connectivity index (χ0n) is 7.06. The topological polar surface area (TPSA) is 104 Å². The van der Waals surface area contributed by atoms with Gasteiger partial charge in [0.15, 0.2) is 0 Å². The van der Waals surface area contributed by atoms with Crippen LogP contribution in [0.25, 0.3) is 0 Å². The molecule has 0 aromatic heterocycles. The third-order valence-electron chi connectivity index (χ3n) is 2.14. The van der Waals surface area contributed by atoms with E-state index < -0.39 is 17.5 Å². The lowest BCUT2D eigenvalue weighted by atomic mass is 10.0. The number of hydrogen-bond donors (Lipinski definition) is 3. The Balaban J connectivity index is 2.75. The minimum absolute atomic E-state index is 0.0683. The molecular formula is C7H12N2O4. The molecule has 0 unspecified atom stereocenters. The Morgan fingerprint density at radius 2 is 2.31 bits per heavy atom.